The molecule has 0 amide bonds. The number of aryl methyl sites for hydroxylation is 1. The summed E-state index contributed by atoms with van der Waals surface area (Å²) in [5.41, 5.74) is 3.79. The van der Waals surface area contributed by atoms with Gasteiger partial charge in [-0.05, 0) is 22.4 Å². The molecule has 1 atom stereocenters. The van der Waals surface area contributed by atoms with E-state index < -0.39 is 0 Å². The molecule has 0 aromatic carbocycles. The molecular weight excluding hydrogens is 246 g/mol. The first-order chi connectivity index (χ1) is 6.70. The van der Waals surface area contributed by atoms with Crippen molar-refractivity contribution in [3.05, 3.63) is 10.3 Å². The molecule has 0 aliphatic carbocycles. The molecule has 6 heteroatoms. The van der Waals surface area contributed by atoms with Gasteiger partial charge in [-0.25, -0.2) is 4.68 Å². The minimum absolute atomic E-state index is 0.115. The maximum Gasteiger partial charge on any atom is 0.153 e. The summed E-state index contributed by atoms with van der Waals surface area (Å²) in [6, 6.07) is 0.115. The lowest BCUT2D eigenvalue weighted by atomic mass is 10.1. The minimum Gasteiger partial charge on any atom is -0.271 e. The summed E-state index contributed by atoms with van der Waals surface area (Å²) in [5, 5.41) is 7.84. The number of unbranched alkanes of at least 4 members (excludes halogenated alkanes) is 1. The second-order valence-electron chi connectivity index (χ2n) is 3.25. The molecule has 5 nitrogen and oxygen atoms in total. The maximum atomic E-state index is 5.50. The zero-order valence-corrected chi connectivity index (χ0v) is 10.1. The van der Waals surface area contributed by atoms with Crippen molar-refractivity contribution in [2.45, 2.75) is 32.2 Å². The molecule has 14 heavy (non-hydrogen) atoms. The third-order valence-electron chi connectivity index (χ3n) is 2.20. The van der Waals surface area contributed by atoms with Gasteiger partial charge in [0.1, 0.15) is 0 Å². The lowest BCUT2D eigenvalue weighted by molar-refractivity contribution is 0.462. The Balaban J connectivity index is 2.77. The molecule has 1 rings (SSSR count). The van der Waals surface area contributed by atoms with E-state index in [-0.39, 0.29) is 6.04 Å². The van der Waals surface area contributed by atoms with Crippen molar-refractivity contribution in [3.8, 4) is 0 Å². The molecule has 0 spiro atoms. The van der Waals surface area contributed by atoms with Crippen LogP contribution in [-0.2, 0) is 7.05 Å². The summed E-state index contributed by atoms with van der Waals surface area (Å²) in [6.45, 7) is 2.16. The van der Waals surface area contributed by atoms with Crippen molar-refractivity contribution in [1.29, 1.82) is 0 Å². The average molecular weight is 262 g/mol. The largest absolute Gasteiger partial charge is 0.271 e. The summed E-state index contributed by atoms with van der Waals surface area (Å²) in [5.74, 6) is 5.50. The first-order valence-electron chi connectivity index (χ1n) is 4.71. The van der Waals surface area contributed by atoms with Crippen molar-refractivity contribution in [2.75, 3.05) is 0 Å². The summed E-state index contributed by atoms with van der Waals surface area (Å²) in [4.78, 5) is 0. The number of nitrogens with zero attached hydrogens (tertiary/aromatic N) is 3. The summed E-state index contributed by atoms with van der Waals surface area (Å²) < 4.78 is 2.50. The van der Waals surface area contributed by atoms with Crippen LogP contribution in [0, 0.1) is 0 Å². The third-order valence-corrected chi connectivity index (χ3v) is 2.77. The van der Waals surface area contributed by atoms with Gasteiger partial charge in [-0.2, -0.15) is 0 Å². The molecule has 1 aromatic heterocycles. The molecule has 80 valence electrons. The highest BCUT2D eigenvalue weighted by Gasteiger charge is 2.17. The standard InChI is InChI=1S/C8H16BrN5/c1-3-4-5-6(11-10)7-8(9)12-13-14(7)2/h6,11H,3-5,10H2,1-2H3. The van der Waals surface area contributed by atoms with Crippen LogP contribution < -0.4 is 11.3 Å². The number of hydrogen-bond acceptors (Lipinski definition) is 4. The van der Waals surface area contributed by atoms with Crippen molar-refractivity contribution in [1.82, 2.24) is 20.4 Å². The predicted molar refractivity (Wildman–Crippen MR) is 58.3 cm³/mol. The Hall–Kier alpha value is -0.460. The molecule has 0 aliphatic rings. The van der Waals surface area contributed by atoms with Gasteiger partial charge < -0.3 is 0 Å². The molecule has 0 bridgehead atoms. The quantitative estimate of drug-likeness (QED) is 0.619. The molecule has 1 aromatic rings. The first-order valence-corrected chi connectivity index (χ1v) is 5.51. The second kappa shape index (κ2) is 5.43. The molecule has 0 saturated carbocycles. The monoisotopic (exact) mass is 261 g/mol. The van der Waals surface area contributed by atoms with Gasteiger partial charge in [0, 0.05) is 7.05 Å². The van der Waals surface area contributed by atoms with Crippen LogP contribution in [0.15, 0.2) is 4.60 Å². The topological polar surface area (TPSA) is 68.8 Å². The molecular formula is C8H16BrN5. The van der Waals surface area contributed by atoms with E-state index in [2.05, 4.69) is 38.6 Å². The Morgan fingerprint density at radius 2 is 2.36 bits per heavy atom. The molecule has 0 fully saturated rings. The van der Waals surface area contributed by atoms with Crippen molar-refractivity contribution in [3.63, 3.8) is 0 Å². The molecule has 0 saturated heterocycles. The molecule has 1 unspecified atom stereocenters. The Bertz CT molecular complexity index is 266. The lowest BCUT2D eigenvalue weighted by Gasteiger charge is -2.15. The van der Waals surface area contributed by atoms with Gasteiger partial charge in [0.05, 0.1) is 11.7 Å². The van der Waals surface area contributed by atoms with E-state index in [0.29, 0.717) is 0 Å². The number of aromatic nitrogens is 3. The normalized spacial score (nSPS) is 13.1. The van der Waals surface area contributed by atoms with Crippen LogP contribution >= 0.6 is 15.9 Å². The van der Waals surface area contributed by atoms with Crippen LogP contribution in [0.25, 0.3) is 0 Å². The van der Waals surface area contributed by atoms with Gasteiger partial charge in [-0.1, -0.05) is 25.0 Å². The average Bonchev–Trinajstić information content (AvgIpc) is 2.50. The Labute approximate surface area is 92.1 Å². The van der Waals surface area contributed by atoms with Gasteiger partial charge in [-0.15, -0.1) is 5.10 Å². The predicted octanol–water partition coefficient (Wildman–Crippen LogP) is 1.27. The fourth-order valence-corrected chi connectivity index (χ4v) is 2.02. The zero-order valence-electron chi connectivity index (χ0n) is 8.50. The van der Waals surface area contributed by atoms with Gasteiger partial charge in [0.25, 0.3) is 0 Å². The summed E-state index contributed by atoms with van der Waals surface area (Å²) >= 11 is 3.36. The van der Waals surface area contributed by atoms with Crippen molar-refractivity contribution >= 4 is 15.9 Å². The van der Waals surface area contributed by atoms with E-state index in [1.807, 2.05) is 7.05 Å². The first kappa shape index (κ1) is 11.6. The van der Waals surface area contributed by atoms with Crippen LogP contribution in [0.2, 0.25) is 0 Å². The zero-order chi connectivity index (χ0) is 10.6. The highest BCUT2D eigenvalue weighted by atomic mass is 79.9. The van der Waals surface area contributed by atoms with Crippen LogP contribution in [0.5, 0.6) is 0 Å². The molecule has 0 aliphatic heterocycles. The van der Waals surface area contributed by atoms with Gasteiger partial charge in [0.2, 0.25) is 0 Å². The highest BCUT2D eigenvalue weighted by molar-refractivity contribution is 9.10. The van der Waals surface area contributed by atoms with Crippen molar-refractivity contribution < 1.29 is 0 Å². The van der Waals surface area contributed by atoms with Crippen LogP contribution in [0.4, 0.5) is 0 Å². The SMILES string of the molecule is CCCCC(NN)c1c(Br)nnn1C. The van der Waals surface area contributed by atoms with E-state index in [9.17, 15) is 0 Å². The highest BCUT2D eigenvalue weighted by Crippen LogP contribution is 2.23. The van der Waals surface area contributed by atoms with Gasteiger partial charge in [-0.3, -0.25) is 11.3 Å². The number of rotatable bonds is 5. The van der Waals surface area contributed by atoms with E-state index in [4.69, 9.17) is 5.84 Å². The fraction of sp³-hybridized carbons (Fsp3) is 0.750. The second-order valence-corrected chi connectivity index (χ2v) is 4.00. The van der Waals surface area contributed by atoms with E-state index in [1.165, 1.54) is 0 Å². The van der Waals surface area contributed by atoms with Gasteiger partial charge in [0.15, 0.2) is 4.60 Å². The Kier molecular flexibility index (Phi) is 4.50. The smallest absolute Gasteiger partial charge is 0.153 e. The van der Waals surface area contributed by atoms with Crippen LogP contribution in [0.3, 0.4) is 0 Å². The Morgan fingerprint density at radius 1 is 1.64 bits per heavy atom. The van der Waals surface area contributed by atoms with E-state index in [1.54, 1.807) is 4.68 Å². The Morgan fingerprint density at radius 3 is 2.79 bits per heavy atom. The molecule has 1 heterocycles. The summed E-state index contributed by atoms with van der Waals surface area (Å²) in [6.07, 6.45) is 3.28. The van der Waals surface area contributed by atoms with Gasteiger partial charge >= 0.3 is 0 Å². The van der Waals surface area contributed by atoms with E-state index in [0.717, 1.165) is 29.6 Å². The van der Waals surface area contributed by atoms with Crippen LogP contribution in [0.1, 0.15) is 37.9 Å². The fourth-order valence-electron chi connectivity index (χ4n) is 1.42. The number of nitrogens with one attached hydrogen (secondary N) is 1. The summed E-state index contributed by atoms with van der Waals surface area (Å²) in [7, 11) is 1.86. The molecule has 0 radical (unpaired) electrons. The lowest BCUT2D eigenvalue weighted by Crippen LogP contribution is -2.29. The molecule has 3 N–H and O–H groups in total. The number of nitrogens with two attached hydrogens (primary N) is 1. The van der Waals surface area contributed by atoms with E-state index >= 15 is 0 Å². The minimum atomic E-state index is 0.115. The third kappa shape index (κ3) is 2.52. The number of halogens is 1. The number of hydrogen-bond donors (Lipinski definition) is 2. The maximum absolute atomic E-state index is 5.50. The number of hydrazine groups is 1. The van der Waals surface area contributed by atoms with Crippen LogP contribution in [-0.4, -0.2) is 15.0 Å². The van der Waals surface area contributed by atoms with Crippen molar-refractivity contribution in [2.24, 2.45) is 12.9 Å².